The SMILES string of the molecule is CCC(Cl)CNc1nccn(C)c1=O. The summed E-state index contributed by atoms with van der Waals surface area (Å²) in [7, 11) is 1.69. The van der Waals surface area contributed by atoms with Crippen molar-refractivity contribution in [3.05, 3.63) is 22.7 Å². The third-order valence-electron chi connectivity index (χ3n) is 1.95. The lowest BCUT2D eigenvalue weighted by atomic mass is 10.3. The zero-order chi connectivity index (χ0) is 10.6. The minimum atomic E-state index is -0.132. The fourth-order valence-corrected chi connectivity index (χ4v) is 1.05. The number of hydrogen-bond donors (Lipinski definition) is 1. The first kappa shape index (κ1) is 11.0. The lowest BCUT2D eigenvalue weighted by Gasteiger charge is -2.08. The predicted octanol–water partition coefficient (Wildman–Crippen LogP) is 1.21. The van der Waals surface area contributed by atoms with Crippen molar-refractivity contribution in [3.63, 3.8) is 0 Å². The van der Waals surface area contributed by atoms with Crippen molar-refractivity contribution in [1.82, 2.24) is 9.55 Å². The minimum Gasteiger partial charge on any atom is -0.364 e. The number of aromatic nitrogens is 2. The van der Waals surface area contributed by atoms with Crippen molar-refractivity contribution in [2.24, 2.45) is 7.05 Å². The van der Waals surface area contributed by atoms with Gasteiger partial charge in [-0.2, -0.15) is 0 Å². The van der Waals surface area contributed by atoms with Crippen LogP contribution in [0.4, 0.5) is 5.82 Å². The molecule has 1 atom stereocenters. The number of aryl methyl sites for hydroxylation is 1. The normalized spacial score (nSPS) is 12.5. The Morgan fingerprint density at radius 3 is 3.07 bits per heavy atom. The number of halogens is 1. The molecule has 1 N–H and O–H groups in total. The summed E-state index contributed by atoms with van der Waals surface area (Å²) in [5, 5.41) is 2.96. The average molecular weight is 216 g/mol. The fraction of sp³-hybridized carbons (Fsp3) is 0.556. The first-order valence-electron chi connectivity index (χ1n) is 4.54. The van der Waals surface area contributed by atoms with E-state index in [1.807, 2.05) is 6.92 Å². The van der Waals surface area contributed by atoms with E-state index in [0.717, 1.165) is 6.42 Å². The maximum absolute atomic E-state index is 11.5. The van der Waals surface area contributed by atoms with Gasteiger partial charge in [0.25, 0.3) is 5.56 Å². The Morgan fingerprint density at radius 1 is 1.71 bits per heavy atom. The van der Waals surface area contributed by atoms with E-state index < -0.39 is 0 Å². The molecule has 0 saturated carbocycles. The summed E-state index contributed by atoms with van der Waals surface area (Å²) in [6.07, 6.45) is 4.06. The topological polar surface area (TPSA) is 46.9 Å². The minimum absolute atomic E-state index is 0.0294. The molecule has 1 aromatic rings. The molecule has 1 heterocycles. The van der Waals surface area contributed by atoms with Crippen molar-refractivity contribution < 1.29 is 0 Å². The Hall–Kier alpha value is -1.03. The first-order chi connectivity index (χ1) is 6.65. The largest absolute Gasteiger partial charge is 0.364 e. The maximum atomic E-state index is 11.5. The van der Waals surface area contributed by atoms with Gasteiger partial charge in [-0.15, -0.1) is 11.6 Å². The molecule has 14 heavy (non-hydrogen) atoms. The Morgan fingerprint density at radius 2 is 2.43 bits per heavy atom. The zero-order valence-corrected chi connectivity index (χ0v) is 9.08. The molecule has 0 aliphatic carbocycles. The maximum Gasteiger partial charge on any atom is 0.293 e. The van der Waals surface area contributed by atoms with Crippen LogP contribution >= 0.6 is 11.6 Å². The average Bonchev–Trinajstić information content (AvgIpc) is 2.20. The molecule has 4 nitrogen and oxygen atoms in total. The molecular formula is C9H14ClN3O. The monoisotopic (exact) mass is 215 g/mol. The van der Waals surface area contributed by atoms with Crippen molar-refractivity contribution in [2.75, 3.05) is 11.9 Å². The Labute approximate surface area is 87.9 Å². The third-order valence-corrected chi connectivity index (χ3v) is 2.41. The van der Waals surface area contributed by atoms with E-state index in [1.165, 1.54) is 4.57 Å². The lowest BCUT2D eigenvalue weighted by Crippen LogP contribution is -2.24. The molecule has 0 aliphatic heterocycles. The number of nitrogens with one attached hydrogen (secondary N) is 1. The third kappa shape index (κ3) is 2.73. The highest BCUT2D eigenvalue weighted by Gasteiger charge is 2.04. The quantitative estimate of drug-likeness (QED) is 0.769. The van der Waals surface area contributed by atoms with Gasteiger partial charge in [-0.1, -0.05) is 6.92 Å². The number of anilines is 1. The lowest BCUT2D eigenvalue weighted by molar-refractivity contribution is 0.814. The van der Waals surface area contributed by atoms with Crippen molar-refractivity contribution in [3.8, 4) is 0 Å². The van der Waals surface area contributed by atoms with E-state index >= 15 is 0 Å². The van der Waals surface area contributed by atoms with E-state index in [0.29, 0.717) is 12.4 Å². The van der Waals surface area contributed by atoms with Gasteiger partial charge in [0, 0.05) is 26.0 Å². The van der Waals surface area contributed by atoms with E-state index in [2.05, 4.69) is 10.3 Å². The molecule has 0 radical (unpaired) electrons. The van der Waals surface area contributed by atoms with Gasteiger partial charge in [-0.3, -0.25) is 4.79 Å². The van der Waals surface area contributed by atoms with Crippen LogP contribution in [0.15, 0.2) is 17.2 Å². The van der Waals surface area contributed by atoms with E-state index in [4.69, 9.17) is 11.6 Å². The summed E-state index contributed by atoms with van der Waals surface area (Å²) in [5.41, 5.74) is -0.132. The fourth-order valence-electron chi connectivity index (χ4n) is 0.971. The van der Waals surface area contributed by atoms with Crippen LogP contribution in [0.3, 0.4) is 0 Å². The molecule has 1 aromatic heterocycles. The van der Waals surface area contributed by atoms with Gasteiger partial charge in [-0.05, 0) is 6.42 Å². The van der Waals surface area contributed by atoms with Crippen LogP contribution in [0.2, 0.25) is 0 Å². The zero-order valence-electron chi connectivity index (χ0n) is 8.33. The smallest absolute Gasteiger partial charge is 0.293 e. The summed E-state index contributed by atoms with van der Waals surface area (Å²) >= 11 is 5.91. The Balaban J connectivity index is 2.68. The second-order valence-corrected chi connectivity index (χ2v) is 3.70. The molecule has 0 spiro atoms. The van der Waals surface area contributed by atoms with Gasteiger partial charge in [-0.25, -0.2) is 4.98 Å². The summed E-state index contributed by atoms with van der Waals surface area (Å²) < 4.78 is 1.48. The second kappa shape index (κ2) is 5.00. The molecule has 1 rings (SSSR count). The number of alkyl halides is 1. The molecule has 0 saturated heterocycles. The number of rotatable bonds is 4. The summed E-state index contributed by atoms with van der Waals surface area (Å²) in [6, 6.07) is 0. The van der Waals surface area contributed by atoms with Crippen LogP contribution in [0, 0.1) is 0 Å². The van der Waals surface area contributed by atoms with Gasteiger partial charge in [0.1, 0.15) is 0 Å². The van der Waals surface area contributed by atoms with Crippen LogP contribution < -0.4 is 10.9 Å². The summed E-state index contributed by atoms with van der Waals surface area (Å²) in [6.45, 7) is 2.56. The van der Waals surface area contributed by atoms with Crippen LogP contribution in [0.25, 0.3) is 0 Å². The van der Waals surface area contributed by atoms with Gasteiger partial charge in [0.15, 0.2) is 5.82 Å². The summed E-state index contributed by atoms with van der Waals surface area (Å²) in [5.74, 6) is 0.356. The van der Waals surface area contributed by atoms with Crippen LogP contribution in [0.5, 0.6) is 0 Å². The van der Waals surface area contributed by atoms with Crippen molar-refractivity contribution >= 4 is 17.4 Å². The highest BCUT2D eigenvalue weighted by atomic mass is 35.5. The Bertz CT molecular complexity index is 350. The number of nitrogens with zero attached hydrogens (tertiary/aromatic N) is 2. The summed E-state index contributed by atoms with van der Waals surface area (Å²) in [4.78, 5) is 15.4. The molecule has 0 fully saturated rings. The highest BCUT2D eigenvalue weighted by Crippen LogP contribution is 2.01. The molecule has 0 amide bonds. The predicted molar refractivity (Wildman–Crippen MR) is 57.9 cm³/mol. The second-order valence-electron chi connectivity index (χ2n) is 3.08. The van der Waals surface area contributed by atoms with Crippen LogP contribution in [-0.2, 0) is 7.05 Å². The Kier molecular flexibility index (Phi) is 3.95. The van der Waals surface area contributed by atoms with Gasteiger partial charge < -0.3 is 9.88 Å². The molecule has 0 bridgehead atoms. The molecule has 0 aromatic carbocycles. The molecular weight excluding hydrogens is 202 g/mol. The molecule has 0 aliphatic rings. The van der Waals surface area contributed by atoms with E-state index in [9.17, 15) is 4.79 Å². The number of hydrogen-bond acceptors (Lipinski definition) is 3. The van der Waals surface area contributed by atoms with E-state index in [1.54, 1.807) is 19.4 Å². The molecule has 1 unspecified atom stereocenters. The van der Waals surface area contributed by atoms with Crippen LogP contribution in [0.1, 0.15) is 13.3 Å². The molecule has 78 valence electrons. The van der Waals surface area contributed by atoms with Gasteiger partial charge >= 0.3 is 0 Å². The van der Waals surface area contributed by atoms with Gasteiger partial charge in [0.2, 0.25) is 0 Å². The molecule has 5 heteroatoms. The standard InChI is InChI=1S/C9H14ClN3O/c1-3-7(10)6-12-8-9(14)13(2)5-4-11-8/h4-5,7H,3,6H2,1-2H3,(H,11,12). The van der Waals surface area contributed by atoms with Crippen molar-refractivity contribution in [1.29, 1.82) is 0 Å². The van der Waals surface area contributed by atoms with Crippen LogP contribution in [-0.4, -0.2) is 21.5 Å². The van der Waals surface area contributed by atoms with E-state index in [-0.39, 0.29) is 10.9 Å². The first-order valence-corrected chi connectivity index (χ1v) is 4.98. The highest BCUT2D eigenvalue weighted by molar-refractivity contribution is 6.20. The van der Waals surface area contributed by atoms with Crippen molar-refractivity contribution in [2.45, 2.75) is 18.7 Å². The van der Waals surface area contributed by atoms with Gasteiger partial charge in [0.05, 0.1) is 5.38 Å².